The highest BCUT2D eigenvalue weighted by Crippen LogP contribution is 2.45. The van der Waals surface area contributed by atoms with Gasteiger partial charge in [0, 0.05) is 52.3 Å². The van der Waals surface area contributed by atoms with Crippen molar-refractivity contribution in [2.24, 2.45) is 11.8 Å². The average Bonchev–Trinajstić information content (AvgIpc) is 3.40. The third-order valence-electron chi connectivity index (χ3n) is 9.62. The van der Waals surface area contributed by atoms with E-state index in [2.05, 4.69) is 10.6 Å². The Bertz CT molecular complexity index is 1790. The molecule has 1 saturated heterocycles. The van der Waals surface area contributed by atoms with E-state index >= 15 is 0 Å². The van der Waals surface area contributed by atoms with Crippen molar-refractivity contribution in [3.8, 4) is 22.5 Å². The smallest absolute Gasteiger partial charge is 0.408 e. The molecule has 1 aromatic heterocycles. The van der Waals surface area contributed by atoms with Crippen LogP contribution < -0.4 is 10.6 Å². The number of hydrogen-bond acceptors (Lipinski definition) is 8. The molecule has 7 atom stereocenters. The summed E-state index contributed by atoms with van der Waals surface area (Å²) in [5.41, 5.74) is 0.558. The van der Waals surface area contributed by atoms with Gasteiger partial charge in [0.05, 0.1) is 6.04 Å². The summed E-state index contributed by atoms with van der Waals surface area (Å²) in [6.45, 7) is 6.94. The van der Waals surface area contributed by atoms with Crippen molar-refractivity contribution in [3.05, 3.63) is 72.8 Å². The van der Waals surface area contributed by atoms with E-state index < -0.39 is 75.8 Å². The number of hydrogen-bond donors (Lipinski definition) is 3. The maximum Gasteiger partial charge on any atom is 0.408 e. The molecule has 2 aliphatic heterocycles. The Morgan fingerprint density at radius 1 is 1.02 bits per heavy atom. The number of amides is 3. The van der Waals surface area contributed by atoms with Crippen LogP contribution in [0.3, 0.4) is 0 Å². The zero-order valence-electron chi connectivity index (χ0n) is 29.2. The van der Waals surface area contributed by atoms with Crippen molar-refractivity contribution in [2.75, 3.05) is 18.1 Å². The summed E-state index contributed by atoms with van der Waals surface area (Å²) in [6, 6.07) is 16.4. The summed E-state index contributed by atoms with van der Waals surface area (Å²) in [4.78, 5) is 57.3. The minimum absolute atomic E-state index is 0.0165. The Morgan fingerprint density at radius 3 is 2.20 bits per heavy atom. The first kappa shape index (κ1) is 36.0. The molecule has 0 radical (unpaired) electrons. The number of fused-ring (bicyclic) bond motifs is 2. The summed E-state index contributed by atoms with van der Waals surface area (Å²) in [7, 11) is -1.30. The Labute approximate surface area is 299 Å². The number of carboxylic acids is 1. The molecular formula is C37H44N6O7S. The van der Waals surface area contributed by atoms with Gasteiger partial charge in [-0.2, -0.15) is 15.0 Å². The van der Waals surface area contributed by atoms with Crippen molar-refractivity contribution in [3.63, 3.8) is 0 Å². The summed E-state index contributed by atoms with van der Waals surface area (Å²) in [6.07, 6.45) is 3.20. The lowest BCUT2D eigenvalue weighted by molar-refractivity contribution is -0.146. The van der Waals surface area contributed by atoms with Gasteiger partial charge in [-0.25, -0.2) is 9.59 Å². The third kappa shape index (κ3) is 7.90. The van der Waals surface area contributed by atoms with Crippen LogP contribution in [0.15, 0.2) is 72.8 Å². The van der Waals surface area contributed by atoms with E-state index in [1.54, 1.807) is 39.8 Å². The second-order valence-corrected chi connectivity index (χ2v) is 16.2. The van der Waals surface area contributed by atoms with Gasteiger partial charge < -0.3 is 25.4 Å². The van der Waals surface area contributed by atoms with Crippen molar-refractivity contribution in [2.45, 2.75) is 76.2 Å². The van der Waals surface area contributed by atoms with Gasteiger partial charge in [0.15, 0.2) is 0 Å². The summed E-state index contributed by atoms with van der Waals surface area (Å²) in [5.74, 6) is -2.86. The molecule has 0 spiro atoms. The van der Waals surface area contributed by atoms with E-state index in [-0.39, 0.29) is 30.9 Å². The molecule has 51 heavy (non-hydrogen) atoms. The first-order valence-electron chi connectivity index (χ1n) is 17.2. The molecular weight excluding hydrogens is 673 g/mol. The highest BCUT2D eigenvalue weighted by Gasteiger charge is 2.61. The first-order valence-corrected chi connectivity index (χ1v) is 18.7. The molecule has 0 bridgehead atoms. The second kappa shape index (κ2) is 14.4. The predicted molar refractivity (Wildman–Crippen MR) is 191 cm³/mol. The van der Waals surface area contributed by atoms with Crippen LogP contribution in [0, 0.1) is 11.8 Å². The van der Waals surface area contributed by atoms with Crippen LogP contribution in [-0.4, -0.2) is 94.4 Å². The van der Waals surface area contributed by atoms with E-state index in [9.17, 15) is 28.5 Å². The van der Waals surface area contributed by atoms with E-state index in [1.807, 2.05) is 60.7 Å². The van der Waals surface area contributed by atoms with Crippen molar-refractivity contribution >= 4 is 34.7 Å². The lowest BCUT2D eigenvalue weighted by Gasteiger charge is -2.32. The Morgan fingerprint density at radius 2 is 1.63 bits per heavy atom. The van der Waals surface area contributed by atoms with E-state index in [0.29, 0.717) is 17.8 Å². The molecule has 14 heteroatoms. The maximum absolute atomic E-state index is 14.6. The molecule has 3 heterocycles. The van der Waals surface area contributed by atoms with Crippen molar-refractivity contribution in [1.82, 2.24) is 30.5 Å². The SMILES string of the molecule is CC1CCS(=O)C/C=C/C2CC2(C(=O)O)NC(=O)[C@@H]2C[C@@H](n3nc(-c4ccccc4)c(-c4ccccc4)n3)CN2C(=O)[C@H]1NC(=O)OC(C)(C)C. The summed E-state index contributed by atoms with van der Waals surface area (Å²) < 4.78 is 18.4. The van der Waals surface area contributed by atoms with Crippen LogP contribution >= 0.6 is 0 Å². The quantitative estimate of drug-likeness (QED) is 0.331. The molecule has 1 saturated carbocycles. The van der Waals surface area contributed by atoms with Gasteiger partial charge in [0.1, 0.15) is 34.6 Å². The fourth-order valence-electron chi connectivity index (χ4n) is 6.76. The molecule has 3 N–H and O–H groups in total. The van der Waals surface area contributed by atoms with E-state index in [0.717, 1.165) is 11.1 Å². The number of alkyl carbamates (subject to hydrolysis) is 1. The topological polar surface area (TPSA) is 173 Å². The van der Waals surface area contributed by atoms with Crippen LogP contribution in [0.25, 0.3) is 22.5 Å². The number of carbonyl (C=O) groups is 4. The molecule has 1 aliphatic carbocycles. The number of aliphatic carboxylic acids is 1. The molecule has 3 amide bonds. The van der Waals surface area contributed by atoms with Gasteiger partial charge in [-0.05, 0) is 39.5 Å². The van der Waals surface area contributed by atoms with E-state index in [4.69, 9.17) is 14.9 Å². The Kier molecular flexibility index (Phi) is 10.2. The summed E-state index contributed by atoms with van der Waals surface area (Å²) >= 11 is 0. The highest BCUT2D eigenvalue weighted by atomic mass is 32.2. The van der Waals surface area contributed by atoms with Crippen LogP contribution in [0.1, 0.15) is 53.0 Å². The number of carboxylic acid groups (broad SMARTS) is 1. The number of benzene rings is 2. The molecule has 3 aromatic rings. The van der Waals surface area contributed by atoms with Gasteiger partial charge in [-0.1, -0.05) is 79.7 Å². The lowest BCUT2D eigenvalue weighted by Crippen LogP contribution is -2.58. The number of nitrogens with one attached hydrogen (secondary N) is 2. The minimum Gasteiger partial charge on any atom is -0.479 e. The fraction of sp³-hybridized carbons (Fsp3) is 0.459. The van der Waals surface area contributed by atoms with Crippen molar-refractivity contribution < 1.29 is 33.2 Å². The van der Waals surface area contributed by atoms with Crippen LogP contribution in [0.4, 0.5) is 4.79 Å². The van der Waals surface area contributed by atoms with E-state index in [1.165, 1.54) is 9.70 Å². The number of ether oxygens (including phenoxy) is 1. The fourth-order valence-corrected chi connectivity index (χ4v) is 7.89. The predicted octanol–water partition coefficient (Wildman–Crippen LogP) is 3.95. The number of carbonyl (C=O) groups excluding carboxylic acids is 3. The lowest BCUT2D eigenvalue weighted by atomic mass is 9.97. The molecule has 270 valence electrons. The van der Waals surface area contributed by atoms with Gasteiger partial charge in [-0.15, -0.1) is 0 Å². The minimum atomic E-state index is -1.55. The monoisotopic (exact) mass is 716 g/mol. The molecule has 3 aliphatic rings. The third-order valence-corrected chi connectivity index (χ3v) is 10.9. The number of nitrogens with zero attached hydrogens (tertiary/aromatic N) is 4. The first-order chi connectivity index (χ1) is 24.3. The van der Waals surface area contributed by atoms with Crippen LogP contribution in [-0.2, 0) is 29.9 Å². The summed E-state index contributed by atoms with van der Waals surface area (Å²) in [5, 5.41) is 25.5. The molecule has 4 unspecified atom stereocenters. The maximum atomic E-state index is 14.6. The second-order valence-electron chi connectivity index (χ2n) is 14.6. The van der Waals surface area contributed by atoms with Gasteiger partial charge in [0.25, 0.3) is 0 Å². The van der Waals surface area contributed by atoms with Crippen LogP contribution in [0.5, 0.6) is 0 Å². The zero-order valence-corrected chi connectivity index (χ0v) is 30.0. The highest BCUT2D eigenvalue weighted by molar-refractivity contribution is 7.85. The van der Waals surface area contributed by atoms with Gasteiger partial charge in [-0.3, -0.25) is 13.8 Å². The number of rotatable bonds is 5. The standard InChI is InChI=1S/C37H44N6O7S/c1-23-17-19-51(49)18-11-16-26-21-37(26,34(46)47)39-32(44)28-20-27(22-42(28)33(45)29(23)38-35(48)50-36(2,3)4)43-40-30(24-12-7-5-8-13-24)31(41-43)25-14-9-6-10-15-25/h5-16,23,26-29H,17-22H2,1-4H3,(H,38,48)(H,39,44)(H,46,47)/b16-11+/t23?,26?,27-,28+,29+,37?,51?/m1/s1. The Hall–Kier alpha value is -4.85. The molecule has 13 nitrogen and oxygen atoms in total. The molecule has 2 aromatic carbocycles. The van der Waals surface area contributed by atoms with Gasteiger partial charge >= 0.3 is 12.1 Å². The average molecular weight is 717 g/mol. The normalized spacial score (nSPS) is 29.1. The molecule has 6 rings (SSSR count). The van der Waals surface area contributed by atoms with Crippen molar-refractivity contribution in [1.29, 1.82) is 0 Å². The number of aromatic nitrogens is 3. The van der Waals surface area contributed by atoms with Crippen LogP contribution in [0.2, 0.25) is 0 Å². The molecule has 2 fully saturated rings. The largest absolute Gasteiger partial charge is 0.479 e. The van der Waals surface area contributed by atoms with Gasteiger partial charge in [0.2, 0.25) is 11.8 Å². The Balaban J connectivity index is 1.39. The zero-order chi connectivity index (χ0) is 36.5.